The molecule has 0 saturated heterocycles. The first kappa shape index (κ1) is 18.7. The summed E-state index contributed by atoms with van der Waals surface area (Å²) in [6, 6.07) is 20.1. The van der Waals surface area contributed by atoms with E-state index in [0.29, 0.717) is 0 Å². The summed E-state index contributed by atoms with van der Waals surface area (Å²) in [4.78, 5) is 4.10. The summed E-state index contributed by atoms with van der Waals surface area (Å²) >= 11 is 5.15. The Balaban J connectivity index is 1.68. The molecule has 0 bridgehead atoms. The molecule has 28 heavy (non-hydrogen) atoms. The maximum Gasteiger partial charge on any atom is 0.196 e. The Hall–Kier alpha value is -2.64. The van der Waals surface area contributed by atoms with E-state index >= 15 is 0 Å². The van der Waals surface area contributed by atoms with Crippen LogP contribution >= 0.6 is 27.7 Å². The molecule has 0 spiro atoms. The first-order valence-corrected chi connectivity index (χ1v) is 10.4. The molecule has 0 unspecified atom stereocenters. The van der Waals surface area contributed by atoms with Crippen LogP contribution in [0.5, 0.6) is 5.75 Å². The van der Waals surface area contributed by atoms with Crippen molar-refractivity contribution in [3.05, 3.63) is 83.1 Å². The molecule has 2 aromatic heterocycles. The lowest BCUT2D eigenvalue weighted by atomic mass is 10.2. The number of hydrogen-bond donors (Lipinski definition) is 0. The third-order valence-corrected chi connectivity index (χ3v) is 5.71. The van der Waals surface area contributed by atoms with Gasteiger partial charge < -0.3 is 4.74 Å². The van der Waals surface area contributed by atoms with Gasteiger partial charge in [-0.05, 0) is 54.1 Å². The Labute approximate surface area is 175 Å². The zero-order valence-electron chi connectivity index (χ0n) is 15.1. The van der Waals surface area contributed by atoms with Crippen molar-refractivity contribution in [2.75, 3.05) is 7.11 Å². The minimum atomic E-state index is 0.787. The van der Waals surface area contributed by atoms with Crippen molar-refractivity contribution in [2.24, 2.45) is 0 Å². The van der Waals surface area contributed by atoms with Crippen molar-refractivity contribution in [2.45, 2.75) is 10.9 Å². The zero-order valence-corrected chi connectivity index (χ0v) is 17.5. The Morgan fingerprint density at radius 2 is 1.64 bits per heavy atom. The van der Waals surface area contributed by atoms with Gasteiger partial charge in [-0.2, -0.15) is 0 Å². The van der Waals surface area contributed by atoms with Crippen LogP contribution in [0.15, 0.2) is 82.7 Å². The van der Waals surface area contributed by atoms with E-state index in [-0.39, 0.29) is 0 Å². The molecule has 0 aliphatic heterocycles. The number of rotatable bonds is 6. The van der Waals surface area contributed by atoms with Crippen LogP contribution in [0, 0.1) is 0 Å². The van der Waals surface area contributed by atoms with Crippen LogP contribution < -0.4 is 4.74 Å². The molecule has 0 fully saturated rings. The molecule has 0 saturated carbocycles. The Kier molecular flexibility index (Phi) is 5.73. The average molecular weight is 453 g/mol. The number of halogens is 1. The van der Waals surface area contributed by atoms with Gasteiger partial charge in [-0.1, -0.05) is 39.8 Å². The number of nitrogens with zero attached hydrogens (tertiary/aromatic N) is 4. The quantitative estimate of drug-likeness (QED) is 0.367. The van der Waals surface area contributed by atoms with Gasteiger partial charge in [0, 0.05) is 33.9 Å². The van der Waals surface area contributed by atoms with Gasteiger partial charge in [0.2, 0.25) is 0 Å². The lowest BCUT2D eigenvalue weighted by Gasteiger charge is -2.10. The van der Waals surface area contributed by atoms with Gasteiger partial charge in [0.15, 0.2) is 11.0 Å². The number of methoxy groups -OCH3 is 1. The molecule has 0 atom stereocenters. The Morgan fingerprint density at radius 1 is 0.929 bits per heavy atom. The second-order valence-corrected chi connectivity index (χ2v) is 7.85. The summed E-state index contributed by atoms with van der Waals surface area (Å²) < 4.78 is 8.34. The molecule has 2 aromatic carbocycles. The highest BCUT2D eigenvalue weighted by Gasteiger charge is 2.16. The fourth-order valence-electron chi connectivity index (χ4n) is 2.74. The molecule has 4 rings (SSSR count). The molecule has 0 aliphatic rings. The molecular weight excluding hydrogens is 436 g/mol. The normalized spacial score (nSPS) is 10.8. The minimum Gasteiger partial charge on any atom is -0.497 e. The van der Waals surface area contributed by atoms with Gasteiger partial charge in [0.1, 0.15) is 5.75 Å². The van der Waals surface area contributed by atoms with E-state index < -0.39 is 0 Å². The van der Waals surface area contributed by atoms with Crippen LogP contribution in [0.2, 0.25) is 0 Å². The molecule has 7 heteroatoms. The van der Waals surface area contributed by atoms with Crippen molar-refractivity contribution in [3.8, 4) is 22.8 Å². The van der Waals surface area contributed by atoms with Gasteiger partial charge in [0.05, 0.1) is 7.11 Å². The first-order valence-electron chi connectivity index (χ1n) is 8.62. The molecule has 4 aromatic rings. The van der Waals surface area contributed by atoms with E-state index in [1.54, 1.807) is 31.3 Å². The van der Waals surface area contributed by atoms with E-state index in [4.69, 9.17) is 4.74 Å². The fraction of sp³-hybridized carbons (Fsp3) is 0.0952. The number of thioether (sulfide) groups is 1. The van der Waals surface area contributed by atoms with Crippen LogP contribution in [0.3, 0.4) is 0 Å². The SMILES string of the molecule is COc1ccc(CSc2nnc(-c3ccncc3)n2-c2ccc(Br)cc2)cc1. The highest BCUT2D eigenvalue weighted by molar-refractivity contribution is 9.10. The van der Waals surface area contributed by atoms with Crippen LogP contribution in [0.1, 0.15) is 5.56 Å². The molecule has 0 amide bonds. The molecule has 140 valence electrons. The smallest absolute Gasteiger partial charge is 0.196 e. The minimum absolute atomic E-state index is 0.787. The number of aromatic nitrogens is 4. The third kappa shape index (κ3) is 4.10. The summed E-state index contributed by atoms with van der Waals surface area (Å²) in [5.41, 5.74) is 3.18. The molecule has 2 heterocycles. The van der Waals surface area contributed by atoms with E-state index in [2.05, 4.69) is 59.9 Å². The summed E-state index contributed by atoms with van der Waals surface area (Å²) in [5, 5.41) is 9.75. The molecule has 0 aliphatic carbocycles. The van der Waals surface area contributed by atoms with Gasteiger partial charge in [-0.25, -0.2) is 0 Å². The predicted octanol–water partition coefficient (Wildman–Crippen LogP) is 5.39. The van der Waals surface area contributed by atoms with E-state index in [1.807, 2.05) is 36.4 Å². The predicted molar refractivity (Wildman–Crippen MR) is 115 cm³/mol. The first-order chi connectivity index (χ1) is 13.7. The molecular formula is C21H17BrN4OS. The number of hydrogen-bond acceptors (Lipinski definition) is 5. The maximum absolute atomic E-state index is 5.23. The zero-order chi connectivity index (χ0) is 19.3. The lowest BCUT2D eigenvalue weighted by molar-refractivity contribution is 0.414. The van der Waals surface area contributed by atoms with Gasteiger partial charge >= 0.3 is 0 Å². The molecule has 0 radical (unpaired) electrons. The second-order valence-electron chi connectivity index (χ2n) is 5.99. The topological polar surface area (TPSA) is 52.8 Å². The van der Waals surface area contributed by atoms with Crippen molar-refractivity contribution in [1.29, 1.82) is 0 Å². The summed E-state index contributed by atoms with van der Waals surface area (Å²) in [7, 11) is 1.67. The largest absolute Gasteiger partial charge is 0.497 e. The second kappa shape index (κ2) is 8.58. The van der Waals surface area contributed by atoms with Gasteiger partial charge in [-0.15, -0.1) is 10.2 Å². The van der Waals surface area contributed by atoms with Crippen LogP contribution in [0.4, 0.5) is 0 Å². The Bertz CT molecular complexity index is 1050. The maximum atomic E-state index is 5.23. The van der Waals surface area contributed by atoms with Gasteiger partial charge in [0.25, 0.3) is 0 Å². The van der Waals surface area contributed by atoms with Crippen LogP contribution in [0.25, 0.3) is 17.1 Å². The number of ether oxygens (including phenoxy) is 1. The highest BCUT2D eigenvalue weighted by Crippen LogP contribution is 2.30. The fourth-order valence-corrected chi connectivity index (χ4v) is 3.92. The summed E-state index contributed by atoms with van der Waals surface area (Å²) in [5.74, 6) is 2.43. The molecule has 0 N–H and O–H groups in total. The van der Waals surface area contributed by atoms with Crippen LogP contribution in [-0.4, -0.2) is 26.9 Å². The monoisotopic (exact) mass is 452 g/mol. The summed E-state index contributed by atoms with van der Waals surface area (Å²) in [6.07, 6.45) is 3.53. The lowest BCUT2D eigenvalue weighted by Crippen LogP contribution is -1.99. The highest BCUT2D eigenvalue weighted by atomic mass is 79.9. The molecule has 5 nitrogen and oxygen atoms in total. The summed E-state index contributed by atoms with van der Waals surface area (Å²) in [6.45, 7) is 0. The van der Waals surface area contributed by atoms with E-state index in [1.165, 1.54) is 5.56 Å². The van der Waals surface area contributed by atoms with Crippen molar-refractivity contribution >= 4 is 27.7 Å². The number of pyridine rings is 1. The van der Waals surface area contributed by atoms with Crippen molar-refractivity contribution in [1.82, 2.24) is 19.7 Å². The standard InChI is InChI=1S/C21H17BrN4OS/c1-27-19-8-2-15(3-9-19)14-28-21-25-24-20(16-10-12-23-13-11-16)26(21)18-6-4-17(22)5-7-18/h2-13H,14H2,1H3. The van der Waals surface area contributed by atoms with Crippen LogP contribution in [-0.2, 0) is 5.75 Å². The Morgan fingerprint density at radius 3 is 2.32 bits per heavy atom. The van der Waals surface area contributed by atoms with Gasteiger partial charge in [-0.3, -0.25) is 9.55 Å². The number of benzene rings is 2. The van der Waals surface area contributed by atoms with E-state index in [0.717, 1.165) is 38.2 Å². The van der Waals surface area contributed by atoms with E-state index in [9.17, 15) is 0 Å². The average Bonchev–Trinajstić information content (AvgIpc) is 3.18. The van der Waals surface area contributed by atoms with Crippen molar-refractivity contribution < 1.29 is 4.74 Å². The third-order valence-electron chi connectivity index (χ3n) is 4.18. The van der Waals surface area contributed by atoms with Crippen molar-refractivity contribution in [3.63, 3.8) is 0 Å².